The Labute approximate surface area is 145 Å². The van der Waals surface area contributed by atoms with Gasteiger partial charge in [-0.1, -0.05) is 60.7 Å². The first kappa shape index (κ1) is 22.0. The second kappa shape index (κ2) is 12.4. The summed E-state index contributed by atoms with van der Waals surface area (Å²) in [6.45, 7) is 1.84. The fourth-order valence-electron chi connectivity index (χ4n) is 2.71. The second-order valence-electron chi connectivity index (χ2n) is 4.76. The third kappa shape index (κ3) is 5.28. The van der Waals surface area contributed by atoms with Gasteiger partial charge in [0.1, 0.15) is 0 Å². The van der Waals surface area contributed by atoms with Gasteiger partial charge in [0.15, 0.2) is 0 Å². The monoisotopic (exact) mass is 329 g/mol. The minimum absolute atomic E-state index is 0.291. The Balaban J connectivity index is 0.000000798. The van der Waals surface area contributed by atoms with Crippen molar-refractivity contribution < 1.29 is 5.11 Å². The van der Waals surface area contributed by atoms with Crippen LogP contribution in [-0.4, -0.2) is 26.2 Å². The minimum Gasteiger partial charge on any atom is -0.389 e. The molecule has 0 aromatic heterocycles. The van der Waals surface area contributed by atoms with E-state index in [9.17, 15) is 5.11 Å². The molecule has 0 bridgehead atoms. The topological polar surface area (TPSA) is 98.3 Å². The first-order valence-electron chi connectivity index (χ1n) is 8.05. The fraction of sp³-hybridized carbons (Fsp3) is 0.300. The van der Waals surface area contributed by atoms with Crippen molar-refractivity contribution in [3.63, 3.8) is 0 Å². The Morgan fingerprint density at radius 3 is 1.92 bits per heavy atom. The highest BCUT2D eigenvalue weighted by Crippen LogP contribution is 2.34. The average Bonchev–Trinajstić information content (AvgIpc) is 3.20. The average molecular weight is 329 g/mol. The maximum Gasteiger partial charge on any atom is 0.0770 e. The molecule has 132 valence electrons. The molecule has 4 heteroatoms. The van der Waals surface area contributed by atoms with Gasteiger partial charge < -0.3 is 22.3 Å². The Morgan fingerprint density at radius 2 is 1.38 bits per heavy atom. The molecule has 0 saturated carbocycles. The lowest BCUT2D eigenvalue weighted by Gasteiger charge is -2.18. The Bertz CT molecular complexity index is 636. The van der Waals surface area contributed by atoms with Crippen LogP contribution in [0.1, 0.15) is 30.1 Å². The van der Waals surface area contributed by atoms with Crippen molar-refractivity contribution in [1.82, 2.24) is 0 Å². The molecule has 0 aliphatic heterocycles. The van der Waals surface area contributed by atoms with Crippen molar-refractivity contribution >= 4 is 10.8 Å². The molecule has 1 aliphatic rings. The largest absolute Gasteiger partial charge is 0.389 e. The number of aliphatic hydroxyl groups excluding tert-OH is 1. The number of aliphatic hydroxyl groups is 1. The maximum atomic E-state index is 10.1. The molecule has 0 fully saturated rings. The molecule has 4 nitrogen and oxygen atoms in total. The van der Waals surface area contributed by atoms with E-state index in [2.05, 4.69) is 65.8 Å². The number of allylic oxidation sites excluding steroid dienone is 4. The first-order chi connectivity index (χ1) is 11.8. The van der Waals surface area contributed by atoms with Crippen molar-refractivity contribution in [2.45, 2.75) is 18.9 Å². The van der Waals surface area contributed by atoms with Crippen LogP contribution in [0.25, 0.3) is 10.8 Å². The SMILES string of the molecule is CC(O)c1c(C2C=CC=C2)ccc2ccccc12.CN.CN.CN. The lowest BCUT2D eigenvalue weighted by atomic mass is 9.89. The fourth-order valence-corrected chi connectivity index (χ4v) is 2.71. The number of benzene rings is 2. The maximum absolute atomic E-state index is 10.1. The van der Waals surface area contributed by atoms with Crippen LogP contribution in [0.3, 0.4) is 0 Å². The van der Waals surface area contributed by atoms with Crippen LogP contribution in [-0.2, 0) is 0 Å². The van der Waals surface area contributed by atoms with E-state index < -0.39 is 6.10 Å². The highest BCUT2D eigenvalue weighted by atomic mass is 16.3. The second-order valence-corrected chi connectivity index (χ2v) is 4.76. The summed E-state index contributed by atoms with van der Waals surface area (Å²) in [5.74, 6) is 0.291. The third-order valence-corrected chi connectivity index (χ3v) is 3.53. The molecular formula is C20H31N3O. The summed E-state index contributed by atoms with van der Waals surface area (Å²) in [6.07, 6.45) is 8.00. The molecule has 0 saturated heterocycles. The van der Waals surface area contributed by atoms with Crippen LogP contribution in [0.4, 0.5) is 0 Å². The van der Waals surface area contributed by atoms with E-state index in [1.165, 1.54) is 32.1 Å². The quantitative estimate of drug-likeness (QED) is 0.681. The number of fused-ring (bicyclic) bond motifs is 1. The molecule has 3 rings (SSSR count). The zero-order valence-electron chi connectivity index (χ0n) is 15.1. The van der Waals surface area contributed by atoms with Gasteiger partial charge in [0, 0.05) is 5.92 Å². The molecule has 1 atom stereocenters. The summed E-state index contributed by atoms with van der Waals surface area (Å²) in [7, 11) is 4.50. The Hall–Kier alpha value is -1.98. The van der Waals surface area contributed by atoms with Crippen LogP contribution in [0.15, 0.2) is 60.7 Å². The lowest BCUT2D eigenvalue weighted by Crippen LogP contribution is -2.02. The summed E-state index contributed by atoms with van der Waals surface area (Å²) in [5, 5.41) is 12.4. The van der Waals surface area contributed by atoms with E-state index >= 15 is 0 Å². The molecule has 24 heavy (non-hydrogen) atoms. The van der Waals surface area contributed by atoms with Crippen LogP contribution in [0.2, 0.25) is 0 Å². The van der Waals surface area contributed by atoms with E-state index in [4.69, 9.17) is 0 Å². The zero-order valence-corrected chi connectivity index (χ0v) is 15.1. The van der Waals surface area contributed by atoms with Gasteiger partial charge in [-0.25, -0.2) is 0 Å². The number of hydrogen-bond donors (Lipinski definition) is 4. The third-order valence-electron chi connectivity index (χ3n) is 3.53. The number of hydrogen-bond acceptors (Lipinski definition) is 4. The van der Waals surface area contributed by atoms with Gasteiger partial charge in [-0.2, -0.15) is 0 Å². The normalized spacial score (nSPS) is 13.2. The van der Waals surface area contributed by atoms with Crippen molar-refractivity contribution in [2.24, 2.45) is 17.2 Å². The van der Waals surface area contributed by atoms with E-state index in [1.807, 2.05) is 19.1 Å². The van der Waals surface area contributed by atoms with Crippen LogP contribution < -0.4 is 17.2 Å². The van der Waals surface area contributed by atoms with Crippen LogP contribution >= 0.6 is 0 Å². The van der Waals surface area contributed by atoms with E-state index in [1.54, 1.807) is 0 Å². The lowest BCUT2D eigenvalue weighted by molar-refractivity contribution is 0.200. The van der Waals surface area contributed by atoms with Crippen molar-refractivity contribution in [2.75, 3.05) is 21.1 Å². The Kier molecular flexibility index (Phi) is 11.4. The molecule has 1 unspecified atom stereocenters. The van der Waals surface area contributed by atoms with Gasteiger partial charge >= 0.3 is 0 Å². The van der Waals surface area contributed by atoms with Crippen molar-refractivity contribution in [3.05, 3.63) is 71.8 Å². The standard InChI is InChI=1S/C17H16O.3CH5N/c1-12(18)17-15-9-5-4-8-14(15)10-11-16(17)13-6-2-3-7-13;3*1-2/h2-13,18H,1H3;3*2H2,1H3. The predicted octanol–water partition coefficient (Wildman–Crippen LogP) is 2.83. The van der Waals surface area contributed by atoms with Gasteiger partial charge in [0.25, 0.3) is 0 Å². The van der Waals surface area contributed by atoms with E-state index in [-0.39, 0.29) is 0 Å². The summed E-state index contributed by atoms with van der Waals surface area (Å²) in [5.41, 5.74) is 15.8. The molecule has 0 spiro atoms. The van der Waals surface area contributed by atoms with E-state index in [0.29, 0.717) is 5.92 Å². The summed E-state index contributed by atoms with van der Waals surface area (Å²) < 4.78 is 0. The molecule has 0 heterocycles. The van der Waals surface area contributed by atoms with Crippen LogP contribution in [0.5, 0.6) is 0 Å². The first-order valence-corrected chi connectivity index (χ1v) is 8.05. The summed E-state index contributed by atoms with van der Waals surface area (Å²) in [4.78, 5) is 0. The molecule has 1 aliphatic carbocycles. The van der Waals surface area contributed by atoms with Crippen molar-refractivity contribution in [1.29, 1.82) is 0 Å². The summed E-state index contributed by atoms with van der Waals surface area (Å²) >= 11 is 0. The van der Waals surface area contributed by atoms with Gasteiger partial charge in [0.05, 0.1) is 6.10 Å². The van der Waals surface area contributed by atoms with Gasteiger partial charge in [-0.05, 0) is 50.0 Å². The Morgan fingerprint density at radius 1 is 0.833 bits per heavy atom. The van der Waals surface area contributed by atoms with Gasteiger partial charge in [-0.3, -0.25) is 0 Å². The molecule has 0 radical (unpaired) electrons. The smallest absolute Gasteiger partial charge is 0.0770 e. The minimum atomic E-state index is -0.450. The van der Waals surface area contributed by atoms with Gasteiger partial charge in [0.2, 0.25) is 0 Å². The van der Waals surface area contributed by atoms with E-state index in [0.717, 1.165) is 10.9 Å². The van der Waals surface area contributed by atoms with Gasteiger partial charge in [-0.15, -0.1) is 0 Å². The molecule has 0 amide bonds. The molecular weight excluding hydrogens is 298 g/mol. The van der Waals surface area contributed by atoms with Crippen LogP contribution in [0, 0.1) is 0 Å². The number of nitrogens with two attached hydrogens (primary N) is 3. The predicted molar refractivity (Wildman–Crippen MR) is 106 cm³/mol. The molecule has 2 aromatic rings. The summed E-state index contributed by atoms with van der Waals surface area (Å²) in [6, 6.07) is 12.5. The van der Waals surface area contributed by atoms with Crippen molar-refractivity contribution in [3.8, 4) is 0 Å². The zero-order chi connectivity index (χ0) is 18.5. The molecule has 2 aromatic carbocycles. The highest BCUT2D eigenvalue weighted by molar-refractivity contribution is 5.87. The molecule has 7 N–H and O–H groups in total. The number of rotatable bonds is 2. The highest BCUT2D eigenvalue weighted by Gasteiger charge is 2.17.